The molecule has 0 spiro atoms. The molecule has 0 heterocycles. The predicted molar refractivity (Wildman–Crippen MR) is 90.6 cm³/mol. The van der Waals surface area contributed by atoms with Crippen molar-refractivity contribution in [1.29, 1.82) is 0 Å². The third-order valence-corrected chi connectivity index (χ3v) is 3.85. The van der Waals surface area contributed by atoms with Crippen LogP contribution in [-0.2, 0) is 13.2 Å². The van der Waals surface area contributed by atoms with Crippen LogP contribution in [0.4, 0.5) is 0 Å². The Morgan fingerprint density at radius 3 is 2.64 bits per heavy atom. The largest absolute Gasteiger partial charge is 0.489 e. The summed E-state index contributed by atoms with van der Waals surface area (Å²) in [6.45, 7) is 3.35. The second kappa shape index (κ2) is 8.39. The Labute approximate surface area is 140 Å². The van der Waals surface area contributed by atoms with E-state index in [9.17, 15) is 5.11 Å². The van der Waals surface area contributed by atoms with E-state index in [-0.39, 0.29) is 6.10 Å². The number of rotatable bonds is 7. The first-order chi connectivity index (χ1) is 10.6. The lowest BCUT2D eigenvalue weighted by atomic mass is 10.2. The van der Waals surface area contributed by atoms with Crippen LogP contribution in [-0.4, -0.2) is 17.8 Å². The molecular formula is C17H19Cl2NO2. The summed E-state index contributed by atoms with van der Waals surface area (Å²) in [5.41, 5.74) is 2.00. The maximum Gasteiger partial charge on any atom is 0.124 e. The summed E-state index contributed by atoms with van der Waals surface area (Å²) in [5, 5.41) is 13.5. The predicted octanol–water partition coefficient (Wildman–Crippen LogP) is 4.04. The summed E-state index contributed by atoms with van der Waals surface area (Å²) in [6.07, 6.45) is -0.371. The van der Waals surface area contributed by atoms with Crippen molar-refractivity contribution in [3.05, 3.63) is 63.6 Å². The summed E-state index contributed by atoms with van der Waals surface area (Å²) in [4.78, 5) is 0. The van der Waals surface area contributed by atoms with Crippen molar-refractivity contribution in [3.8, 4) is 5.75 Å². The molecule has 0 fully saturated rings. The van der Waals surface area contributed by atoms with E-state index in [1.807, 2.05) is 30.3 Å². The van der Waals surface area contributed by atoms with Gasteiger partial charge in [0.25, 0.3) is 0 Å². The van der Waals surface area contributed by atoms with Gasteiger partial charge in [0, 0.05) is 18.7 Å². The van der Waals surface area contributed by atoms with Crippen molar-refractivity contribution in [3.63, 3.8) is 0 Å². The monoisotopic (exact) mass is 339 g/mol. The second-order valence-corrected chi connectivity index (χ2v) is 5.94. The number of para-hydroxylation sites is 1. The highest BCUT2D eigenvalue weighted by Gasteiger charge is 2.05. The molecule has 2 aromatic carbocycles. The van der Waals surface area contributed by atoms with E-state index < -0.39 is 0 Å². The van der Waals surface area contributed by atoms with E-state index in [1.54, 1.807) is 19.1 Å². The molecule has 2 aromatic rings. The lowest BCUT2D eigenvalue weighted by Crippen LogP contribution is -2.24. The Morgan fingerprint density at radius 1 is 1.14 bits per heavy atom. The summed E-state index contributed by atoms with van der Waals surface area (Å²) >= 11 is 11.9. The van der Waals surface area contributed by atoms with Gasteiger partial charge in [0.1, 0.15) is 12.4 Å². The summed E-state index contributed by atoms with van der Waals surface area (Å²) in [5.74, 6) is 0.812. The first-order valence-electron chi connectivity index (χ1n) is 7.09. The zero-order chi connectivity index (χ0) is 15.9. The fourth-order valence-electron chi connectivity index (χ4n) is 2.00. The molecule has 118 valence electrons. The van der Waals surface area contributed by atoms with E-state index >= 15 is 0 Å². The number of hydrogen-bond donors (Lipinski definition) is 2. The van der Waals surface area contributed by atoms with Gasteiger partial charge in [-0.15, -0.1) is 0 Å². The highest BCUT2D eigenvalue weighted by atomic mass is 35.5. The minimum atomic E-state index is -0.371. The minimum Gasteiger partial charge on any atom is -0.489 e. The van der Waals surface area contributed by atoms with Crippen LogP contribution >= 0.6 is 23.2 Å². The fourth-order valence-corrected chi connectivity index (χ4v) is 2.32. The third kappa shape index (κ3) is 5.18. The van der Waals surface area contributed by atoms with Crippen molar-refractivity contribution in [2.45, 2.75) is 26.2 Å². The Balaban J connectivity index is 1.98. The number of aliphatic hydroxyl groups is 1. The van der Waals surface area contributed by atoms with Gasteiger partial charge in [-0.05, 0) is 30.7 Å². The average molecular weight is 340 g/mol. The molecule has 0 aliphatic rings. The molecule has 3 nitrogen and oxygen atoms in total. The highest BCUT2D eigenvalue weighted by Crippen LogP contribution is 2.24. The fraction of sp³-hybridized carbons (Fsp3) is 0.294. The third-order valence-electron chi connectivity index (χ3n) is 3.11. The van der Waals surface area contributed by atoms with Gasteiger partial charge in [-0.2, -0.15) is 0 Å². The smallest absolute Gasteiger partial charge is 0.124 e. The van der Waals surface area contributed by atoms with Crippen LogP contribution in [0.5, 0.6) is 5.75 Å². The number of nitrogens with one attached hydrogen (secondary N) is 1. The zero-order valence-corrected chi connectivity index (χ0v) is 13.9. The molecule has 22 heavy (non-hydrogen) atoms. The second-order valence-electron chi connectivity index (χ2n) is 5.12. The minimum absolute atomic E-state index is 0.371. The normalized spacial score (nSPS) is 12.2. The SMILES string of the molecule is C[C@H](O)CNCc1ccccc1OCc1ccc(Cl)c(Cl)c1. The average Bonchev–Trinajstić information content (AvgIpc) is 2.49. The lowest BCUT2D eigenvalue weighted by Gasteiger charge is -2.13. The van der Waals surface area contributed by atoms with Gasteiger partial charge < -0.3 is 15.2 Å². The van der Waals surface area contributed by atoms with Crippen LogP contribution in [0.1, 0.15) is 18.1 Å². The maximum atomic E-state index is 9.28. The van der Waals surface area contributed by atoms with Crippen LogP contribution < -0.4 is 10.1 Å². The summed E-state index contributed by atoms with van der Waals surface area (Å²) in [6, 6.07) is 13.3. The Bertz CT molecular complexity index is 617. The maximum absolute atomic E-state index is 9.28. The van der Waals surface area contributed by atoms with Gasteiger partial charge in [-0.1, -0.05) is 47.5 Å². The molecule has 0 aliphatic carbocycles. The summed E-state index contributed by atoms with van der Waals surface area (Å²) in [7, 11) is 0. The van der Waals surface area contributed by atoms with Gasteiger partial charge in [0.2, 0.25) is 0 Å². The van der Waals surface area contributed by atoms with Gasteiger partial charge in [-0.3, -0.25) is 0 Å². The first-order valence-corrected chi connectivity index (χ1v) is 7.85. The molecule has 0 bridgehead atoms. The molecule has 0 radical (unpaired) electrons. The van der Waals surface area contributed by atoms with Gasteiger partial charge in [0.05, 0.1) is 16.1 Å². The first kappa shape index (κ1) is 17.1. The van der Waals surface area contributed by atoms with Crippen molar-refractivity contribution in [1.82, 2.24) is 5.32 Å². The van der Waals surface area contributed by atoms with E-state index in [4.69, 9.17) is 27.9 Å². The van der Waals surface area contributed by atoms with Crippen molar-refractivity contribution in [2.75, 3.05) is 6.54 Å². The summed E-state index contributed by atoms with van der Waals surface area (Å²) < 4.78 is 5.87. The number of halogens is 2. The van der Waals surface area contributed by atoms with Crippen molar-refractivity contribution >= 4 is 23.2 Å². The standard InChI is InChI=1S/C17H19Cl2NO2/c1-12(21)9-20-10-14-4-2-3-5-17(14)22-11-13-6-7-15(18)16(19)8-13/h2-8,12,20-21H,9-11H2,1H3/t12-/m0/s1. The molecule has 1 atom stereocenters. The zero-order valence-electron chi connectivity index (χ0n) is 12.4. The Morgan fingerprint density at radius 2 is 1.91 bits per heavy atom. The molecule has 0 saturated carbocycles. The number of aliphatic hydroxyl groups excluding tert-OH is 1. The van der Waals surface area contributed by atoms with Crippen molar-refractivity contribution in [2.24, 2.45) is 0 Å². The molecule has 0 unspecified atom stereocenters. The van der Waals surface area contributed by atoms with E-state index in [2.05, 4.69) is 5.32 Å². The van der Waals surface area contributed by atoms with Crippen molar-refractivity contribution < 1.29 is 9.84 Å². The van der Waals surface area contributed by atoms with Crippen LogP contribution in [0.25, 0.3) is 0 Å². The molecule has 5 heteroatoms. The number of benzene rings is 2. The molecule has 0 saturated heterocycles. The molecule has 0 amide bonds. The van der Waals surface area contributed by atoms with Gasteiger partial charge in [0.15, 0.2) is 0 Å². The molecule has 2 rings (SSSR count). The van der Waals surface area contributed by atoms with E-state index in [1.165, 1.54) is 0 Å². The number of ether oxygens (including phenoxy) is 1. The van der Waals surface area contributed by atoms with Crippen LogP contribution in [0, 0.1) is 0 Å². The van der Waals surface area contributed by atoms with Crippen LogP contribution in [0.2, 0.25) is 10.0 Å². The molecule has 2 N–H and O–H groups in total. The molecule has 0 aromatic heterocycles. The van der Waals surface area contributed by atoms with E-state index in [0.717, 1.165) is 16.9 Å². The Hall–Kier alpha value is -1.26. The number of hydrogen-bond acceptors (Lipinski definition) is 3. The molecule has 0 aliphatic heterocycles. The molecular weight excluding hydrogens is 321 g/mol. The topological polar surface area (TPSA) is 41.5 Å². The quantitative estimate of drug-likeness (QED) is 0.799. The van der Waals surface area contributed by atoms with Crippen LogP contribution in [0.3, 0.4) is 0 Å². The van der Waals surface area contributed by atoms with E-state index in [0.29, 0.717) is 29.7 Å². The highest BCUT2D eigenvalue weighted by molar-refractivity contribution is 6.42. The van der Waals surface area contributed by atoms with Gasteiger partial charge >= 0.3 is 0 Å². The lowest BCUT2D eigenvalue weighted by molar-refractivity contribution is 0.190. The van der Waals surface area contributed by atoms with Crippen LogP contribution in [0.15, 0.2) is 42.5 Å². The Kier molecular flexibility index (Phi) is 6.52. The van der Waals surface area contributed by atoms with Gasteiger partial charge in [-0.25, -0.2) is 0 Å².